The van der Waals surface area contributed by atoms with Gasteiger partial charge in [-0.2, -0.15) is 0 Å². The molecule has 6 nitrogen and oxygen atoms in total. The van der Waals surface area contributed by atoms with Crippen LogP contribution in [0.3, 0.4) is 0 Å². The highest BCUT2D eigenvalue weighted by atomic mass is 16.5. The summed E-state index contributed by atoms with van der Waals surface area (Å²) >= 11 is 0. The average Bonchev–Trinajstić information content (AvgIpc) is 2.23. The summed E-state index contributed by atoms with van der Waals surface area (Å²) in [6, 6.07) is 2.95. The highest BCUT2D eigenvalue weighted by Crippen LogP contribution is 2.29. The van der Waals surface area contributed by atoms with Crippen LogP contribution in [0.2, 0.25) is 0 Å². The van der Waals surface area contributed by atoms with Crippen molar-refractivity contribution >= 4 is 12.4 Å². The number of rotatable bonds is 3. The summed E-state index contributed by atoms with van der Waals surface area (Å²) in [7, 11) is 1.38. The molecule has 0 aliphatic carbocycles. The third kappa shape index (κ3) is 2.37. The molecule has 0 saturated heterocycles. The molecule has 3 N–H and O–H groups in total. The van der Waals surface area contributed by atoms with Crippen LogP contribution in [-0.4, -0.2) is 35.1 Å². The molecule has 1 aromatic carbocycles. The Balaban J connectivity index is 3.31. The second-order valence-electron chi connectivity index (χ2n) is 2.65. The van der Waals surface area contributed by atoms with Crippen molar-refractivity contribution in [1.29, 1.82) is 0 Å². The first kappa shape index (κ1) is 10.8. The minimum absolute atomic E-state index is 0.148. The van der Waals surface area contributed by atoms with E-state index in [2.05, 4.69) is 10.3 Å². The van der Waals surface area contributed by atoms with Crippen molar-refractivity contribution in [1.82, 2.24) is 0 Å². The lowest BCUT2D eigenvalue weighted by atomic mass is 10.1. The van der Waals surface area contributed by atoms with E-state index < -0.39 is 0 Å². The van der Waals surface area contributed by atoms with Gasteiger partial charge in [-0.25, -0.2) is 0 Å². The summed E-state index contributed by atoms with van der Waals surface area (Å²) in [6.45, 7) is 0. The largest absolute Gasteiger partial charge is 0.504 e. The van der Waals surface area contributed by atoms with Gasteiger partial charge in [-0.1, -0.05) is 10.3 Å². The fourth-order valence-corrected chi connectivity index (χ4v) is 1.11. The zero-order chi connectivity index (χ0) is 11.3. The van der Waals surface area contributed by atoms with Crippen LogP contribution < -0.4 is 4.74 Å². The lowest BCUT2D eigenvalue weighted by Gasteiger charge is -2.06. The SMILES string of the molecule is COc1cc(C=NO)cc(C=NO)c1O. The van der Waals surface area contributed by atoms with Crippen LogP contribution in [0, 0.1) is 0 Å². The Labute approximate surface area is 85.7 Å². The van der Waals surface area contributed by atoms with Crippen LogP contribution >= 0.6 is 0 Å². The summed E-state index contributed by atoms with van der Waals surface area (Å²) in [5.41, 5.74) is 0.758. The number of hydrogen-bond acceptors (Lipinski definition) is 6. The van der Waals surface area contributed by atoms with Crippen LogP contribution in [0.25, 0.3) is 0 Å². The monoisotopic (exact) mass is 210 g/mol. The highest BCUT2D eigenvalue weighted by Gasteiger charge is 2.08. The highest BCUT2D eigenvalue weighted by molar-refractivity contribution is 5.90. The zero-order valence-electron chi connectivity index (χ0n) is 7.95. The van der Waals surface area contributed by atoms with Crippen molar-refractivity contribution in [3.63, 3.8) is 0 Å². The van der Waals surface area contributed by atoms with Gasteiger partial charge in [0.15, 0.2) is 11.5 Å². The molecule has 0 radical (unpaired) electrons. The molecule has 0 atom stereocenters. The number of nitrogens with zero attached hydrogens (tertiary/aromatic N) is 2. The molecule has 0 spiro atoms. The van der Waals surface area contributed by atoms with E-state index in [0.717, 1.165) is 12.4 Å². The van der Waals surface area contributed by atoms with E-state index in [1.54, 1.807) is 0 Å². The molecule has 0 bridgehead atoms. The summed E-state index contributed by atoms with van der Waals surface area (Å²) in [4.78, 5) is 0. The van der Waals surface area contributed by atoms with Crippen molar-refractivity contribution in [2.24, 2.45) is 10.3 Å². The van der Waals surface area contributed by atoms with Crippen molar-refractivity contribution < 1.29 is 20.3 Å². The average molecular weight is 210 g/mol. The van der Waals surface area contributed by atoms with Gasteiger partial charge in [0, 0.05) is 11.1 Å². The third-order valence-electron chi connectivity index (χ3n) is 1.75. The van der Waals surface area contributed by atoms with E-state index in [1.807, 2.05) is 0 Å². The standard InChI is InChI=1S/C9H10N2O4/c1-15-8-3-6(4-10-13)2-7(5-11-14)9(8)12/h2-5,12-14H,1H3. The number of hydrogen-bond donors (Lipinski definition) is 3. The maximum Gasteiger partial charge on any atom is 0.166 e. The molecule has 0 saturated carbocycles. The first-order valence-corrected chi connectivity index (χ1v) is 3.98. The summed E-state index contributed by atoms with van der Waals surface area (Å²) in [5.74, 6) is 0.0488. The normalized spacial score (nSPS) is 11.3. The molecule has 0 heterocycles. The van der Waals surface area contributed by atoms with E-state index in [9.17, 15) is 5.11 Å². The number of phenolic OH excluding ortho intramolecular Hbond substituents is 1. The van der Waals surface area contributed by atoms with Gasteiger partial charge >= 0.3 is 0 Å². The summed E-state index contributed by atoms with van der Waals surface area (Å²) in [6.07, 6.45) is 2.21. The Morgan fingerprint density at radius 1 is 1.20 bits per heavy atom. The smallest absolute Gasteiger partial charge is 0.166 e. The molecular weight excluding hydrogens is 200 g/mol. The molecule has 80 valence electrons. The molecule has 0 amide bonds. The van der Waals surface area contributed by atoms with E-state index in [-0.39, 0.29) is 17.1 Å². The van der Waals surface area contributed by atoms with Crippen molar-refractivity contribution in [2.75, 3.05) is 7.11 Å². The molecule has 0 fully saturated rings. The first-order valence-electron chi connectivity index (χ1n) is 3.98. The predicted molar refractivity (Wildman–Crippen MR) is 53.4 cm³/mol. The fraction of sp³-hybridized carbons (Fsp3) is 0.111. The predicted octanol–water partition coefficient (Wildman–Crippen LogP) is 1.02. The molecule has 0 aromatic heterocycles. The van der Waals surface area contributed by atoms with Gasteiger partial charge < -0.3 is 20.3 Å². The Morgan fingerprint density at radius 2 is 1.87 bits per heavy atom. The lowest BCUT2D eigenvalue weighted by molar-refractivity contribution is 0.321. The lowest BCUT2D eigenvalue weighted by Crippen LogP contribution is -1.93. The number of benzene rings is 1. The van der Waals surface area contributed by atoms with Gasteiger partial charge in [0.2, 0.25) is 0 Å². The van der Waals surface area contributed by atoms with Crippen LogP contribution in [-0.2, 0) is 0 Å². The Bertz CT molecular complexity index is 401. The molecule has 1 aromatic rings. The molecule has 6 heteroatoms. The third-order valence-corrected chi connectivity index (χ3v) is 1.75. The first-order chi connectivity index (χ1) is 7.22. The zero-order valence-corrected chi connectivity index (χ0v) is 7.95. The molecule has 0 aliphatic rings. The summed E-state index contributed by atoms with van der Waals surface area (Å²) in [5, 5.41) is 31.9. The molecular formula is C9H10N2O4. The van der Waals surface area contributed by atoms with Crippen LogP contribution in [0.4, 0.5) is 0 Å². The second kappa shape index (κ2) is 4.85. The van der Waals surface area contributed by atoms with Gasteiger partial charge in [-0.15, -0.1) is 0 Å². The Hall–Kier alpha value is -2.24. The Morgan fingerprint density at radius 3 is 2.40 bits per heavy atom. The topological polar surface area (TPSA) is 94.6 Å². The number of methoxy groups -OCH3 is 1. The number of ether oxygens (including phenoxy) is 1. The van der Waals surface area contributed by atoms with Crippen LogP contribution in [0.15, 0.2) is 22.4 Å². The summed E-state index contributed by atoms with van der Waals surface area (Å²) < 4.78 is 4.88. The molecule has 0 unspecified atom stereocenters. The van der Waals surface area contributed by atoms with Crippen molar-refractivity contribution in [2.45, 2.75) is 0 Å². The maximum atomic E-state index is 9.58. The van der Waals surface area contributed by atoms with Crippen molar-refractivity contribution in [3.05, 3.63) is 23.3 Å². The van der Waals surface area contributed by atoms with E-state index in [1.165, 1.54) is 19.2 Å². The van der Waals surface area contributed by atoms with E-state index in [4.69, 9.17) is 15.2 Å². The number of phenols is 1. The maximum absolute atomic E-state index is 9.58. The fourth-order valence-electron chi connectivity index (χ4n) is 1.11. The number of aromatic hydroxyl groups is 1. The van der Waals surface area contributed by atoms with Gasteiger partial charge in [0.05, 0.1) is 19.5 Å². The minimum Gasteiger partial charge on any atom is -0.504 e. The van der Waals surface area contributed by atoms with Crippen LogP contribution in [0.1, 0.15) is 11.1 Å². The van der Waals surface area contributed by atoms with Gasteiger partial charge in [0.1, 0.15) is 0 Å². The Kier molecular flexibility index (Phi) is 3.50. The van der Waals surface area contributed by atoms with Gasteiger partial charge in [-0.3, -0.25) is 0 Å². The van der Waals surface area contributed by atoms with E-state index in [0.29, 0.717) is 5.56 Å². The van der Waals surface area contributed by atoms with Crippen LogP contribution in [0.5, 0.6) is 11.5 Å². The van der Waals surface area contributed by atoms with Gasteiger partial charge in [0.25, 0.3) is 0 Å². The molecule has 1 rings (SSSR count). The second-order valence-corrected chi connectivity index (χ2v) is 2.65. The minimum atomic E-state index is -0.148. The quantitative estimate of drug-likeness (QED) is 0.394. The molecule has 15 heavy (non-hydrogen) atoms. The van der Waals surface area contributed by atoms with Crippen molar-refractivity contribution in [3.8, 4) is 11.5 Å². The van der Waals surface area contributed by atoms with Gasteiger partial charge in [-0.05, 0) is 12.1 Å². The van der Waals surface area contributed by atoms with E-state index >= 15 is 0 Å². The number of oxime groups is 2. The molecule has 0 aliphatic heterocycles.